The van der Waals surface area contributed by atoms with Gasteiger partial charge in [-0.1, -0.05) is 77.4 Å². The molecule has 1 aromatic carbocycles. The van der Waals surface area contributed by atoms with Crippen LogP contribution in [0.3, 0.4) is 0 Å². The highest BCUT2D eigenvalue weighted by Crippen LogP contribution is 2.80. The summed E-state index contributed by atoms with van der Waals surface area (Å²) in [7, 11) is 7.93. The number of carbonyl (C=O) groups is 2. The van der Waals surface area contributed by atoms with E-state index in [0.29, 0.717) is 31.7 Å². The predicted octanol–water partition coefficient (Wildman–Crippen LogP) is 6.67. The Hall–Kier alpha value is -2.62. The van der Waals surface area contributed by atoms with E-state index in [-0.39, 0.29) is 31.1 Å². The van der Waals surface area contributed by atoms with Crippen LogP contribution in [0.5, 0.6) is 5.75 Å². The molecule has 1 unspecified atom stereocenters. The zero-order chi connectivity index (χ0) is 45.9. The summed E-state index contributed by atoms with van der Waals surface area (Å²) in [5.74, 6) is -3.08. The number of hydrogen-bond acceptors (Lipinski definition) is 13. The molecule has 7 rings (SSSR count). The standard InChI is InChI=1S/C51H79NO12/c1-8-10-11-12-13-14-15-16-17-18-19-20-21-22-23-24-38(54)64-51-39-35(30-49(57,46(62-7)44(51)55)45(39)63-47(56)33-25-27-34(59-4)28-26-33)50-37(60-5)29-36(53)48(32-58-3)31-52(9-2)43(50)40(51)41(61-6)42(48)50/h16-17,25-28,35-37,39-46,53,55,57H,8-15,18-24,29-32H2,1-7H3/b17-16-/t35-,36-,37+,39-,40+,41+,42-,43?,44+,45-,46+,48+,49-,50+,51-/m1/s1. The third kappa shape index (κ3) is 7.97. The Bertz CT molecular complexity index is 1740. The molecule has 3 N–H and O–H groups in total. The van der Waals surface area contributed by atoms with Crippen LogP contribution in [0.2, 0.25) is 0 Å². The number of aliphatic hydroxyl groups excluding tert-OH is 2. The number of fused-ring (bicyclic) bond motifs is 2. The molecule has 360 valence electrons. The quantitative estimate of drug-likeness (QED) is 0.0543. The molecular formula is C51H79NO12. The van der Waals surface area contributed by atoms with Crippen molar-refractivity contribution in [1.82, 2.24) is 4.90 Å². The third-order valence-corrected chi connectivity index (χ3v) is 17.1. The Kier molecular flexibility index (Phi) is 16.0. The number of aliphatic hydroxyl groups is 3. The lowest BCUT2D eigenvalue weighted by atomic mass is 9.42. The Morgan fingerprint density at radius 1 is 0.812 bits per heavy atom. The first kappa shape index (κ1) is 49.3. The fourth-order valence-corrected chi connectivity index (χ4v) is 14.8. The van der Waals surface area contributed by atoms with Gasteiger partial charge in [0, 0.05) is 82.5 Å². The van der Waals surface area contributed by atoms with E-state index >= 15 is 0 Å². The second-order valence-corrected chi connectivity index (χ2v) is 20.0. The largest absolute Gasteiger partial charge is 0.497 e. The van der Waals surface area contributed by atoms with Gasteiger partial charge in [-0.2, -0.15) is 0 Å². The maximum absolute atomic E-state index is 14.6. The summed E-state index contributed by atoms with van der Waals surface area (Å²) in [5.41, 5.74) is -5.00. The van der Waals surface area contributed by atoms with Crippen LogP contribution < -0.4 is 4.74 Å². The first-order chi connectivity index (χ1) is 31.0. The average molecular weight is 898 g/mol. The van der Waals surface area contributed by atoms with Crippen LogP contribution in [-0.2, 0) is 33.2 Å². The van der Waals surface area contributed by atoms with Crippen molar-refractivity contribution in [2.24, 2.45) is 34.5 Å². The highest BCUT2D eigenvalue weighted by atomic mass is 16.6. The van der Waals surface area contributed by atoms with E-state index in [9.17, 15) is 24.9 Å². The van der Waals surface area contributed by atoms with Gasteiger partial charge in [0.15, 0.2) is 5.60 Å². The molecule has 6 aliphatic rings. The van der Waals surface area contributed by atoms with E-state index in [0.717, 1.165) is 38.5 Å². The van der Waals surface area contributed by atoms with Crippen molar-refractivity contribution in [2.75, 3.05) is 55.2 Å². The van der Waals surface area contributed by atoms with E-state index in [1.54, 1.807) is 52.7 Å². The maximum atomic E-state index is 14.6. The number of ether oxygens (including phenoxy) is 7. The topological polar surface area (TPSA) is 163 Å². The highest BCUT2D eigenvalue weighted by Gasteiger charge is 2.92. The molecule has 1 aromatic rings. The lowest BCUT2D eigenvalue weighted by Gasteiger charge is -2.70. The van der Waals surface area contributed by atoms with Gasteiger partial charge in [0.25, 0.3) is 0 Å². The van der Waals surface area contributed by atoms with Gasteiger partial charge >= 0.3 is 11.9 Å². The van der Waals surface area contributed by atoms with Crippen LogP contribution in [0.25, 0.3) is 0 Å². The minimum absolute atomic E-state index is 0.0635. The van der Waals surface area contributed by atoms with E-state index in [4.69, 9.17) is 33.2 Å². The third-order valence-electron chi connectivity index (χ3n) is 17.1. The molecule has 1 saturated heterocycles. The number of hydrogen-bond donors (Lipinski definition) is 3. The lowest BCUT2D eigenvalue weighted by Crippen LogP contribution is -2.81. The van der Waals surface area contributed by atoms with Crippen LogP contribution in [0.4, 0.5) is 0 Å². The molecule has 0 radical (unpaired) electrons. The summed E-state index contributed by atoms with van der Waals surface area (Å²) in [6.07, 6.45) is 13.8. The second kappa shape index (κ2) is 20.7. The van der Waals surface area contributed by atoms with Crippen molar-refractivity contribution in [2.45, 2.75) is 170 Å². The number of allylic oxidation sites excluding steroid dienone is 2. The van der Waals surface area contributed by atoms with E-state index in [1.165, 1.54) is 45.6 Å². The van der Waals surface area contributed by atoms with Crippen molar-refractivity contribution in [3.63, 3.8) is 0 Å². The number of esters is 2. The van der Waals surface area contributed by atoms with Crippen LogP contribution >= 0.6 is 0 Å². The van der Waals surface area contributed by atoms with Crippen LogP contribution in [-0.4, -0.2) is 141 Å². The molecule has 1 heterocycles. The molecular weight excluding hydrogens is 819 g/mol. The summed E-state index contributed by atoms with van der Waals surface area (Å²) in [6, 6.07) is 6.20. The molecule has 0 aromatic heterocycles. The van der Waals surface area contributed by atoms with Crippen molar-refractivity contribution < 1.29 is 58.1 Å². The average Bonchev–Trinajstić information content (AvgIpc) is 3.67. The summed E-state index contributed by atoms with van der Waals surface area (Å²) < 4.78 is 44.1. The van der Waals surface area contributed by atoms with Gasteiger partial charge in [0.1, 0.15) is 29.7 Å². The van der Waals surface area contributed by atoms with E-state index in [1.807, 2.05) is 0 Å². The fourth-order valence-electron chi connectivity index (χ4n) is 14.8. The number of rotatable bonds is 25. The minimum Gasteiger partial charge on any atom is -0.497 e. The van der Waals surface area contributed by atoms with Crippen molar-refractivity contribution in [1.29, 1.82) is 0 Å². The molecule has 5 aliphatic carbocycles. The van der Waals surface area contributed by atoms with Crippen LogP contribution in [0.15, 0.2) is 36.4 Å². The van der Waals surface area contributed by atoms with Crippen molar-refractivity contribution in [3.8, 4) is 5.75 Å². The molecule has 15 atom stereocenters. The Labute approximate surface area is 381 Å². The van der Waals surface area contributed by atoms with Gasteiger partial charge in [-0.15, -0.1) is 0 Å². The minimum atomic E-state index is -1.88. The van der Waals surface area contributed by atoms with Gasteiger partial charge in [-0.3, -0.25) is 9.69 Å². The first-order valence-corrected chi connectivity index (χ1v) is 24.6. The Morgan fingerprint density at radius 3 is 2.06 bits per heavy atom. The number of nitrogens with zero attached hydrogens (tertiary/aromatic N) is 1. The maximum Gasteiger partial charge on any atom is 0.338 e. The molecule has 0 amide bonds. The molecule has 1 aliphatic heterocycles. The van der Waals surface area contributed by atoms with Crippen LogP contribution in [0, 0.1) is 34.5 Å². The van der Waals surface area contributed by atoms with Gasteiger partial charge < -0.3 is 48.5 Å². The molecule has 7 bridgehead atoms. The molecule has 5 saturated carbocycles. The second-order valence-electron chi connectivity index (χ2n) is 20.0. The zero-order valence-corrected chi connectivity index (χ0v) is 39.7. The van der Waals surface area contributed by atoms with E-state index in [2.05, 4.69) is 30.9 Å². The number of likely N-dealkylation sites (tertiary alicyclic amines) is 1. The lowest BCUT2D eigenvalue weighted by molar-refractivity contribution is -0.323. The highest BCUT2D eigenvalue weighted by molar-refractivity contribution is 5.89. The number of piperidine rings is 1. The Balaban J connectivity index is 1.20. The van der Waals surface area contributed by atoms with E-state index < -0.39 is 94.3 Å². The molecule has 64 heavy (non-hydrogen) atoms. The van der Waals surface area contributed by atoms with Crippen molar-refractivity contribution in [3.05, 3.63) is 42.0 Å². The Morgan fingerprint density at radius 2 is 1.47 bits per heavy atom. The summed E-state index contributed by atoms with van der Waals surface area (Å²) in [6.45, 7) is 5.63. The smallest absolute Gasteiger partial charge is 0.338 e. The first-order valence-electron chi connectivity index (χ1n) is 24.6. The predicted molar refractivity (Wildman–Crippen MR) is 241 cm³/mol. The fraction of sp³-hybridized carbons (Fsp3) is 0.804. The van der Waals surface area contributed by atoms with Gasteiger partial charge in [-0.05, 0) is 75.3 Å². The number of benzene rings is 1. The summed E-state index contributed by atoms with van der Waals surface area (Å²) in [4.78, 5) is 31.2. The number of methoxy groups -OCH3 is 5. The van der Waals surface area contributed by atoms with Gasteiger partial charge in [0.05, 0.1) is 37.6 Å². The number of unbranched alkanes of at least 4 members (excludes halogenated alkanes) is 11. The zero-order valence-electron chi connectivity index (χ0n) is 39.7. The van der Waals surface area contributed by atoms with Crippen molar-refractivity contribution >= 4 is 11.9 Å². The normalized spacial score (nSPS) is 39.3. The summed E-state index contributed by atoms with van der Waals surface area (Å²) >= 11 is 0. The monoisotopic (exact) mass is 898 g/mol. The van der Waals surface area contributed by atoms with Crippen LogP contribution in [0.1, 0.15) is 127 Å². The van der Waals surface area contributed by atoms with Gasteiger partial charge in [-0.25, -0.2) is 4.79 Å². The molecule has 13 nitrogen and oxygen atoms in total. The number of carbonyl (C=O) groups excluding carboxylic acids is 2. The molecule has 1 spiro atoms. The SMILES string of the molecule is CCCCCCCC/C=C\CCCCCCCC(=O)O[C@]12[C@H]3[C@@H](OC(=O)c4ccc(OC)cc4)[C@](O)(C[C@H]3[C@@]34C5[C@@H]1[C@H](OC)[C@@H]3[C@](COC)(CN5CC)[C@H](O)C[C@@H]4OC)[C@@H](OC)[C@@H]2O. The van der Waals surface area contributed by atoms with Gasteiger partial charge in [0.2, 0.25) is 0 Å². The summed E-state index contributed by atoms with van der Waals surface area (Å²) in [5, 5.41) is 38.5. The molecule has 13 heteroatoms. The molecule has 6 fully saturated rings.